The smallest absolute Gasteiger partial charge is 0.149 e. The van der Waals surface area contributed by atoms with Crippen molar-refractivity contribution >= 4 is 33.7 Å². The predicted octanol–water partition coefficient (Wildman–Crippen LogP) is 2.44. The molecule has 0 bridgehead atoms. The molecule has 3 heterocycles. The van der Waals surface area contributed by atoms with E-state index in [1.165, 1.54) is 29.4 Å². The Balaban J connectivity index is 1.58. The molecular formula is C14H19N5S2. The molecule has 5 nitrogen and oxygen atoms in total. The summed E-state index contributed by atoms with van der Waals surface area (Å²) in [6.07, 6.45) is 2.77. The molecule has 2 aliphatic rings. The van der Waals surface area contributed by atoms with Gasteiger partial charge in [0, 0.05) is 43.3 Å². The first-order valence-electron chi connectivity index (χ1n) is 7.39. The second kappa shape index (κ2) is 5.23. The number of nitrogens with two attached hydrogens (primary N) is 1. The zero-order valence-corrected chi connectivity index (χ0v) is 13.7. The maximum atomic E-state index is 6.10. The lowest BCUT2D eigenvalue weighted by Crippen LogP contribution is -2.47. The predicted molar refractivity (Wildman–Crippen MR) is 89.2 cm³/mol. The van der Waals surface area contributed by atoms with Crippen molar-refractivity contribution in [3.05, 3.63) is 11.1 Å². The minimum absolute atomic E-state index is 0.619. The molecule has 1 saturated heterocycles. The maximum absolute atomic E-state index is 6.10. The van der Waals surface area contributed by atoms with E-state index in [2.05, 4.69) is 24.5 Å². The summed E-state index contributed by atoms with van der Waals surface area (Å²) in [5.74, 6) is 0.619. The molecule has 0 spiro atoms. The summed E-state index contributed by atoms with van der Waals surface area (Å²) in [6.45, 7) is 6.45. The van der Waals surface area contributed by atoms with Gasteiger partial charge in [-0.25, -0.2) is 4.98 Å². The molecule has 2 N–H and O–H groups in total. The van der Waals surface area contributed by atoms with E-state index in [9.17, 15) is 0 Å². The van der Waals surface area contributed by atoms with Gasteiger partial charge in [-0.1, -0.05) is 0 Å². The molecule has 0 aromatic carbocycles. The van der Waals surface area contributed by atoms with E-state index in [1.54, 1.807) is 11.3 Å². The van der Waals surface area contributed by atoms with Crippen LogP contribution in [0, 0.1) is 6.92 Å². The van der Waals surface area contributed by atoms with Gasteiger partial charge in [0.1, 0.15) is 15.8 Å². The number of rotatable bonds is 3. The highest BCUT2D eigenvalue weighted by molar-refractivity contribution is 7.15. The Labute approximate surface area is 132 Å². The number of piperazine rings is 1. The first-order chi connectivity index (χ1) is 10.2. The fourth-order valence-electron chi connectivity index (χ4n) is 2.91. The lowest BCUT2D eigenvalue weighted by Gasteiger charge is -2.35. The molecule has 21 heavy (non-hydrogen) atoms. The van der Waals surface area contributed by atoms with E-state index >= 15 is 0 Å². The van der Waals surface area contributed by atoms with Crippen LogP contribution in [0.2, 0.25) is 0 Å². The summed E-state index contributed by atoms with van der Waals surface area (Å²) in [5, 5.41) is 4.26. The molecule has 0 unspecified atom stereocenters. The Morgan fingerprint density at radius 1 is 1.24 bits per heavy atom. The van der Waals surface area contributed by atoms with Crippen LogP contribution in [0.5, 0.6) is 0 Å². The number of aromatic nitrogens is 2. The lowest BCUT2D eigenvalue weighted by atomic mass is 10.2. The van der Waals surface area contributed by atoms with Gasteiger partial charge >= 0.3 is 0 Å². The molecule has 1 saturated carbocycles. The Morgan fingerprint density at radius 3 is 2.62 bits per heavy atom. The van der Waals surface area contributed by atoms with Crippen molar-refractivity contribution in [3.8, 4) is 10.6 Å². The largest absolute Gasteiger partial charge is 0.382 e. The van der Waals surface area contributed by atoms with E-state index in [4.69, 9.17) is 5.73 Å². The van der Waals surface area contributed by atoms with Crippen molar-refractivity contribution in [2.75, 3.05) is 36.8 Å². The fourth-order valence-corrected chi connectivity index (χ4v) is 4.69. The quantitative estimate of drug-likeness (QED) is 0.941. The van der Waals surface area contributed by atoms with Gasteiger partial charge in [-0.05, 0) is 31.3 Å². The van der Waals surface area contributed by atoms with E-state index < -0.39 is 0 Å². The standard InChI is InChI=1S/C14H19N5S2/c1-9-8-20-13(16-9)11-12(15)17-21-14(11)19-6-4-18(5-7-19)10-2-3-10/h8,10H,2-7H2,1H3,(H2,15,17). The molecule has 0 radical (unpaired) electrons. The highest BCUT2D eigenvalue weighted by atomic mass is 32.1. The summed E-state index contributed by atoms with van der Waals surface area (Å²) in [7, 11) is 0. The van der Waals surface area contributed by atoms with Gasteiger partial charge in [0.25, 0.3) is 0 Å². The summed E-state index contributed by atoms with van der Waals surface area (Å²) < 4.78 is 4.37. The Hall–Kier alpha value is -1.18. The van der Waals surface area contributed by atoms with Crippen LogP contribution >= 0.6 is 22.9 Å². The van der Waals surface area contributed by atoms with Crippen LogP contribution in [0.15, 0.2) is 5.38 Å². The molecule has 4 rings (SSSR count). The molecule has 0 atom stereocenters. The number of thiazole rings is 1. The number of nitrogen functional groups attached to an aromatic ring is 1. The Kier molecular flexibility index (Phi) is 3.35. The molecule has 2 aromatic rings. The van der Waals surface area contributed by atoms with Crippen LogP contribution in [-0.2, 0) is 0 Å². The monoisotopic (exact) mass is 321 g/mol. The van der Waals surface area contributed by atoms with Gasteiger partial charge in [-0.2, -0.15) is 4.37 Å². The summed E-state index contributed by atoms with van der Waals surface area (Å²) >= 11 is 3.16. The zero-order chi connectivity index (χ0) is 14.4. The van der Waals surface area contributed by atoms with E-state index in [-0.39, 0.29) is 0 Å². The van der Waals surface area contributed by atoms with Crippen molar-refractivity contribution in [3.63, 3.8) is 0 Å². The van der Waals surface area contributed by atoms with Crippen LogP contribution < -0.4 is 10.6 Å². The minimum Gasteiger partial charge on any atom is -0.382 e. The van der Waals surface area contributed by atoms with Crippen LogP contribution in [-0.4, -0.2) is 46.5 Å². The number of nitrogens with zero attached hydrogens (tertiary/aromatic N) is 4. The third-order valence-electron chi connectivity index (χ3n) is 4.20. The SMILES string of the molecule is Cc1csc(-c2c(N)nsc2N2CCN(C3CC3)CC2)n1. The van der Waals surface area contributed by atoms with E-state index in [0.29, 0.717) is 5.82 Å². The number of aryl methyl sites for hydroxylation is 1. The second-order valence-electron chi connectivity index (χ2n) is 5.80. The van der Waals surface area contributed by atoms with Crippen molar-refractivity contribution in [1.29, 1.82) is 0 Å². The van der Waals surface area contributed by atoms with E-state index in [1.807, 2.05) is 6.92 Å². The van der Waals surface area contributed by atoms with Crippen molar-refractivity contribution in [2.24, 2.45) is 0 Å². The highest BCUT2D eigenvalue weighted by Crippen LogP contribution is 2.41. The zero-order valence-electron chi connectivity index (χ0n) is 12.1. The number of hydrogen-bond donors (Lipinski definition) is 1. The summed E-state index contributed by atoms with van der Waals surface area (Å²) in [5.41, 5.74) is 8.19. The van der Waals surface area contributed by atoms with Gasteiger partial charge in [0.2, 0.25) is 0 Å². The third kappa shape index (κ3) is 2.54. The molecule has 112 valence electrons. The maximum Gasteiger partial charge on any atom is 0.149 e. The van der Waals surface area contributed by atoms with Gasteiger partial charge in [0.05, 0.1) is 5.56 Å². The molecule has 1 aliphatic heterocycles. The average molecular weight is 321 g/mol. The van der Waals surface area contributed by atoms with Crippen molar-refractivity contribution in [1.82, 2.24) is 14.3 Å². The van der Waals surface area contributed by atoms with Gasteiger partial charge in [-0.3, -0.25) is 4.90 Å². The van der Waals surface area contributed by atoms with Crippen molar-refractivity contribution < 1.29 is 0 Å². The average Bonchev–Trinajstić information content (AvgIpc) is 3.15. The lowest BCUT2D eigenvalue weighted by molar-refractivity contribution is 0.248. The fraction of sp³-hybridized carbons (Fsp3) is 0.571. The highest BCUT2D eigenvalue weighted by Gasteiger charge is 2.32. The van der Waals surface area contributed by atoms with Gasteiger partial charge < -0.3 is 10.6 Å². The molecule has 1 aliphatic carbocycles. The minimum atomic E-state index is 0.619. The topological polar surface area (TPSA) is 58.3 Å². The molecule has 0 amide bonds. The molecule has 7 heteroatoms. The van der Waals surface area contributed by atoms with Crippen LogP contribution in [0.3, 0.4) is 0 Å². The Bertz CT molecular complexity index is 638. The Morgan fingerprint density at radius 2 is 2.00 bits per heavy atom. The number of anilines is 2. The van der Waals surface area contributed by atoms with Crippen LogP contribution in [0.25, 0.3) is 10.6 Å². The van der Waals surface area contributed by atoms with Gasteiger partial charge in [0.15, 0.2) is 0 Å². The summed E-state index contributed by atoms with van der Waals surface area (Å²) in [4.78, 5) is 9.64. The van der Waals surface area contributed by atoms with Gasteiger partial charge in [-0.15, -0.1) is 11.3 Å². The molecule has 2 aromatic heterocycles. The van der Waals surface area contributed by atoms with E-state index in [0.717, 1.165) is 48.5 Å². The van der Waals surface area contributed by atoms with Crippen LogP contribution in [0.1, 0.15) is 18.5 Å². The number of hydrogen-bond acceptors (Lipinski definition) is 7. The molecule has 2 fully saturated rings. The van der Waals surface area contributed by atoms with Crippen LogP contribution in [0.4, 0.5) is 10.8 Å². The third-order valence-corrected chi connectivity index (χ3v) is 6.10. The summed E-state index contributed by atoms with van der Waals surface area (Å²) in [6, 6.07) is 0.861. The van der Waals surface area contributed by atoms with Crippen molar-refractivity contribution in [2.45, 2.75) is 25.8 Å². The first kappa shape index (κ1) is 13.5. The second-order valence-corrected chi connectivity index (χ2v) is 7.41. The normalized spacial score (nSPS) is 20.1. The first-order valence-corrected chi connectivity index (χ1v) is 9.04. The molecular weight excluding hydrogens is 302 g/mol.